The molecule has 0 saturated carbocycles. The first-order valence-electron chi connectivity index (χ1n) is 15.2. The standard InChI is InChI=1S/C33H34ClF2N5O7S2/c1-20-12-25(46-5)11-6-21(20)15-40(31-37-19-38-49-31)50(44,45)29-14-26(35)28(13-27(29)36)47-18-24-16-39(32(43)48-33(2,3)4)17-30(42)41(24)23-9-7-22(34)8-10-23/h6-14,19,24H,15-18H2,1-5H3/t24-/m0/s1. The van der Waals surface area contributed by atoms with Crippen molar-refractivity contribution in [3.05, 3.63) is 88.7 Å². The van der Waals surface area contributed by atoms with Crippen LogP contribution in [0.1, 0.15) is 31.9 Å². The van der Waals surface area contributed by atoms with Crippen LogP contribution in [0.5, 0.6) is 11.5 Å². The van der Waals surface area contributed by atoms with E-state index < -0.39 is 62.6 Å². The smallest absolute Gasteiger partial charge is 0.410 e. The van der Waals surface area contributed by atoms with Crippen LogP contribution in [-0.2, 0) is 26.1 Å². The fourth-order valence-electron chi connectivity index (χ4n) is 5.18. The molecule has 0 unspecified atom stereocenters. The zero-order chi connectivity index (χ0) is 36.4. The fraction of sp³-hybridized carbons (Fsp3) is 0.333. The van der Waals surface area contributed by atoms with E-state index in [1.54, 1.807) is 70.2 Å². The van der Waals surface area contributed by atoms with Crippen LogP contribution >= 0.6 is 23.1 Å². The van der Waals surface area contributed by atoms with Gasteiger partial charge in [-0.05, 0) is 75.2 Å². The Balaban J connectivity index is 1.42. The number of amides is 2. The van der Waals surface area contributed by atoms with Crippen molar-refractivity contribution in [3.8, 4) is 11.5 Å². The zero-order valence-electron chi connectivity index (χ0n) is 27.7. The number of rotatable bonds is 10. The van der Waals surface area contributed by atoms with Crippen LogP contribution in [0.4, 0.5) is 24.4 Å². The second kappa shape index (κ2) is 14.7. The Bertz CT molecular complexity index is 1980. The Morgan fingerprint density at radius 1 is 1.10 bits per heavy atom. The number of carbonyl (C=O) groups excluding carboxylic acids is 2. The number of carbonyl (C=O) groups is 2. The average Bonchev–Trinajstić information content (AvgIpc) is 3.58. The first-order chi connectivity index (χ1) is 23.6. The lowest BCUT2D eigenvalue weighted by Gasteiger charge is -2.41. The first-order valence-corrected chi connectivity index (χ1v) is 17.8. The number of hydrogen-bond acceptors (Lipinski definition) is 10. The molecule has 1 saturated heterocycles. The van der Waals surface area contributed by atoms with Crippen LogP contribution in [0.2, 0.25) is 5.02 Å². The minimum Gasteiger partial charge on any atom is -0.497 e. The molecule has 50 heavy (non-hydrogen) atoms. The molecule has 1 aromatic heterocycles. The van der Waals surface area contributed by atoms with E-state index in [1.807, 2.05) is 0 Å². The lowest BCUT2D eigenvalue weighted by Crippen LogP contribution is -2.60. The largest absolute Gasteiger partial charge is 0.497 e. The van der Waals surface area contributed by atoms with E-state index >= 15 is 8.78 Å². The molecular formula is C33H34ClF2N5O7S2. The molecule has 17 heteroatoms. The van der Waals surface area contributed by atoms with Gasteiger partial charge in [0.2, 0.25) is 11.0 Å². The fourth-order valence-corrected chi connectivity index (χ4v) is 7.49. The van der Waals surface area contributed by atoms with Gasteiger partial charge in [-0.15, -0.1) is 0 Å². The maximum absolute atomic E-state index is 15.7. The van der Waals surface area contributed by atoms with Crippen LogP contribution in [-0.4, -0.2) is 73.1 Å². The lowest BCUT2D eigenvalue weighted by molar-refractivity contribution is -0.122. The van der Waals surface area contributed by atoms with Gasteiger partial charge in [-0.2, -0.15) is 4.37 Å². The van der Waals surface area contributed by atoms with E-state index in [1.165, 1.54) is 16.9 Å². The van der Waals surface area contributed by atoms with Gasteiger partial charge in [0, 0.05) is 40.9 Å². The molecule has 12 nitrogen and oxygen atoms in total. The number of anilines is 2. The second-order valence-electron chi connectivity index (χ2n) is 12.3. The predicted molar refractivity (Wildman–Crippen MR) is 183 cm³/mol. The van der Waals surface area contributed by atoms with Crippen molar-refractivity contribution in [3.63, 3.8) is 0 Å². The highest BCUT2D eigenvalue weighted by atomic mass is 35.5. The highest BCUT2D eigenvalue weighted by Crippen LogP contribution is 2.33. The van der Waals surface area contributed by atoms with Crippen molar-refractivity contribution in [1.29, 1.82) is 0 Å². The third-order valence-electron chi connectivity index (χ3n) is 7.56. The Morgan fingerprint density at radius 2 is 1.82 bits per heavy atom. The molecular weight excluding hydrogens is 716 g/mol. The molecule has 266 valence electrons. The molecule has 2 heterocycles. The van der Waals surface area contributed by atoms with Crippen molar-refractivity contribution in [2.45, 2.75) is 50.8 Å². The minimum atomic E-state index is -4.73. The number of aryl methyl sites for hydroxylation is 1. The van der Waals surface area contributed by atoms with Gasteiger partial charge in [-0.1, -0.05) is 17.7 Å². The Morgan fingerprint density at radius 3 is 2.44 bits per heavy atom. The monoisotopic (exact) mass is 749 g/mol. The van der Waals surface area contributed by atoms with E-state index in [0.717, 1.165) is 22.2 Å². The van der Waals surface area contributed by atoms with Crippen molar-refractivity contribution in [2.75, 3.05) is 36.0 Å². The Labute approximate surface area is 297 Å². The molecule has 0 radical (unpaired) electrons. The minimum absolute atomic E-state index is 0.0563. The van der Waals surface area contributed by atoms with Crippen molar-refractivity contribution >= 4 is 56.0 Å². The van der Waals surface area contributed by atoms with Crippen molar-refractivity contribution in [1.82, 2.24) is 14.3 Å². The number of methoxy groups -OCH3 is 1. The number of hydrogen-bond donors (Lipinski definition) is 0. The molecule has 4 aromatic rings. The summed E-state index contributed by atoms with van der Waals surface area (Å²) in [6.45, 7) is 5.80. The molecule has 0 spiro atoms. The van der Waals surface area contributed by atoms with Crippen LogP contribution in [0.3, 0.4) is 0 Å². The summed E-state index contributed by atoms with van der Waals surface area (Å²) in [6, 6.07) is 11.7. The molecule has 5 rings (SSSR count). The maximum atomic E-state index is 15.7. The topological polar surface area (TPSA) is 131 Å². The molecule has 1 fully saturated rings. The Kier molecular flexibility index (Phi) is 10.8. The number of nitrogens with zero attached hydrogens (tertiary/aromatic N) is 5. The third-order valence-corrected chi connectivity index (χ3v) is 10.4. The van der Waals surface area contributed by atoms with E-state index in [9.17, 15) is 18.0 Å². The second-order valence-corrected chi connectivity index (χ2v) is 15.3. The number of piperazine rings is 1. The normalized spacial score (nSPS) is 15.2. The third kappa shape index (κ3) is 8.25. The number of halogens is 3. The van der Waals surface area contributed by atoms with E-state index in [0.29, 0.717) is 39.7 Å². The van der Waals surface area contributed by atoms with Crippen LogP contribution < -0.4 is 18.7 Å². The molecule has 2 amide bonds. The lowest BCUT2D eigenvalue weighted by atomic mass is 10.1. The van der Waals surface area contributed by atoms with E-state index in [2.05, 4.69) is 9.36 Å². The molecule has 0 bridgehead atoms. The van der Waals surface area contributed by atoms with Gasteiger partial charge in [-0.3, -0.25) is 9.69 Å². The first kappa shape index (κ1) is 36.7. The van der Waals surface area contributed by atoms with E-state index in [-0.39, 0.29) is 24.8 Å². The zero-order valence-corrected chi connectivity index (χ0v) is 30.1. The highest BCUT2D eigenvalue weighted by Gasteiger charge is 2.38. The van der Waals surface area contributed by atoms with Gasteiger partial charge in [0.15, 0.2) is 11.6 Å². The molecule has 1 aliphatic rings. The van der Waals surface area contributed by atoms with Gasteiger partial charge >= 0.3 is 6.09 Å². The molecule has 1 atom stereocenters. The van der Waals surface area contributed by atoms with E-state index in [4.69, 9.17) is 25.8 Å². The summed E-state index contributed by atoms with van der Waals surface area (Å²) in [5, 5.41) is 0.372. The molecule has 0 aliphatic carbocycles. The molecule has 0 N–H and O–H groups in total. The number of ether oxygens (including phenoxy) is 3. The van der Waals surface area contributed by atoms with Crippen LogP contribution in [0.15, 0.2) is 65.8 Å². The van der Waals surface area contributed by atoms with Gasteiger partial charge in [0.1, 0.15) is 41.5 Å². The summed E-state index contributed by atoms with van der Waals surface area (Å²) < 4.78 is 80.3. The van der Waals surface area contributed by atoms with Crippen LogP contribution in [0, 0.1) is 18.6 Å². The summed E-state index contributed by atoms with van der Waals surface area (Å²) in [5.41, 5.74) is 0.872. The molecule has 3 aromatic carbocycles. The summed E-state index contributed by atoms with van der Waals surface area (Å²) in [4.78, 5) is 31.9. The van der Waals surface area contributed by atoms with Crippen LogP contribution in [0.25, 0.3) is 0 Å². The van der Waals surface area contributed by atoms with Gasteiger partial charge in [0.25, 0.3) is 10.0 Å². The number of aromatic nitrogens is 2. The van der Waals surface area contributed by atoms with Gasteiger partial charge < -0.3 is 19.1 Å². The highest BCUT2D eigenvalue weighted by molar-refractivity contribution is 7.93. The Hall–Kier alpha value is -4.54. The van der Waals surface area contributed by atoms with Crippen molar-refractivity contribution < 1.29 is 41.0 Å². The number of benzene rings is 3. The summed E-state index contributed by atoms with van der Waals surface area (Å²) in [6.07, 6.45) is 0.424. The summed E-state index contributed by atoms with van der Waals surface area (Å²) in [7, 11) is -3.23. The SMILES string of the molecule is COc1ccc(CN(c2ncns2)S(=O)(=O)c2cc(F)c(OC[C@@H]3CN(C(=O)OC(C)(C)C)CC(=O)N3c3ccc(Cl)cc3)cc2F)c(C)c1. The average molecular weight is 750 g/mol. The van der Waals surface area contributed by atoms with Crippen molar-refractivity contribution in [2.24, 2.45) is 0 Å². The number of sulfonamides is 1. The quantitative estimate of drug-likeness (QED) is 0.186. The van der Waals surface area contributed by atoms with Gasteiger partial charge in [0.05, 0.1) is 19.7 Å². The predicted octanol–water partition coefficient (Wildman–Crippen LogP) is 6.21. The summed E-state index contributed by atoms with van der Waals surface area (Å²) >= 11 is 6.81. The maximum Gasteiger partial charge on any atom is 0.410 e. The summed E-state index contributed by atoms with van der Waals surface area (Å²) in [5.74, 6) is -2.98. The molecule has 1 aliphatic heterocycles. The van der Waals surface area contributed by atoms with Gasteiger partial charge in [-0.25, -0.2) is 31.3 Å².